The standard InChI is InChI=1S/C17H25N5O3/c23-15(21-24)11-13(8-4-7-12-5-2-1-3-6-12)17-19-16(22-25-17)14-9-10-18-20-14/h9-10,12-13,24H,1-8,11H2,(H,18,20)(H,21,23)/t13-/m1/s1. The van der Waals surface area contributed by atoms with Crippen LogP contribution in [0.5, 0.6) is 0 Å². The van der Waals surface area contributed by atoms with Gasteiger partial charge in [-0.15, -0.1) is 0 Å². The molecule has 1 aliphatic rings. The van der Waals surface area contributed by atoms with Crippen LogP contribution >= 0.6 is 0 Å². The lowest BCUT2D eigenvalue weighted by molar-refractivity contribution is -0.129. The summed E-state index contributed by atoms with van der Waals surface area (Å²) in [6.45, 7) is 0. The van der Waals surface area contributed by atoms with Crippen molar-refractivity contribution in [3.05, 3.63) is 18.2 Å². The molecule has 0 saturated heterocycles. The summed E-state index contributed by atoms with van der Waals surface area (Å²) < 4.78 is 5.37. The summed E-state index contributed by atoms with van der Waals surface area (Å²) in [5.41, 5.74) is 2.36. The van der Waals surface area contributed by atoms with Crippen molar-refractivity contribution in [1.29, 1.82) is 0 Å². The zero-order valence-corrected chi connectivity index (χ0v) is 14.3. The molecular formula is C17H25N5O3. The van der Waals surface area contributed by atoms with E-state index in [4.69, 9.17) is 9.73 Å². The Morgan fingerprint density at radius 2 is 2.24 bits per heavy atom. The van der Waals surface area contributed by atoms with Crippen LogP contribution in [0.3, 0.4) is 0 Å². The monoisotopic (exact) mass is 347 g/mol. The summed E-state index contributed by atoms with van der Waals surface area (Å²) >= 11 is 0. The number of H-pyrrole nitrogens is 1. The van der Waals surface area contributed by atoms with Gasteiger partial charge in [0.2, 0.25) is 17.6 Å². The van der Waals surface area contributed by atoms with Crippen LogP contribution < -0.4 is 5.48 Å². The van der Waals surface area contributed by atoms with E-state index >= 15 is 0 Å². The minimum Gasteiger partial charge on any atom is -0.339 e. The van der Waals surface area contributed by atoms with E-state index in [1.807, 2.05) is 0 Å². The first-order valence-corrected chi connectivity index (χ1v) is 9.02. The summed E-state index contributed by atoms with van der Waals surface area (Å²) in [7, 11) is 0. The van der Waals surface area contributed by atoms with Crippen molar-refractivity contribution >= 4 is 5.91 Å². The Morgan fingerprint density at radius 1 is 1.40 bits per heavy atom. The van der Waals surface area contributed by atoms with Crippen LogP contribution in [0.4, 0.5) is 0 Å². The van der Waals surface area contributed by atoms with Gasteiger partial charge in [0.05, 0.1) is 0 Å². The summed E-state index contributed by atoms with van der Waals surface area (Å²) in [4.78, 5) is 16.0. The molecule has 2 heterocycles. The Morgan fingerprint density at radius 3 is 2.96 bits per heavy atom. The van der Waals surface area contributed by atoms with E-state index in [0.717, 1.165) is 18.8 Å². The lowest BCUT2D eigenvalue weighted by Gasteiger charge is -2.22. The van der Waals surface area contributed by atoms with E-state index in [2.05, 4.69) is 20.3 Å². The third kappa shape index (κ3) is 4.88. The van der Waals surface area contributed by atoms with Crippen molar-refractivity contribution in [2.24, 2.45) is 5.92 Å². The number of carbonyl (C=O) groups excluding carboxylic acids is 1. The number of aromatic amines is 1. The van der Waals surface area contributed by atoms with Gasteiger partial charge in [0, 0.05) is 18.5 Å². The average molecular weight is 347 g/mol. The van der Waals surface area contributed by atoms with Gasteiger partial charge >= 0.3 is 0 Å². The molecule has 1 aliphatic carbocycles. The molecule has 25 heavy (non-hydrogen) atoms. The van der Waals surface area contributed by atoms with Crippen molar-refractivity contribution in [2.45, 2.75) is 63.7 Å². The number of hydrogen-bond donors (Lipinski definition) is 3. The molecule has 0 bridgehead atoms. The largest absolute Gasteiger partial charge is 0.339 e. The predicted octanol–water partition coefficient (Wildman–Crippen LogP) is 3.19. The Balaban J connectivity index is 1.61. The Bertz CT molecular complexity index is 649. The third-order valence-electron chi connectivity index (χ3n) is 4.98. The molecule has 2 aromatic heterocycles. The quantitative estimate of drug-likeness (QED) is 0.499. The lowest BCUT2D eigenvalue weighted by atomic mass is 9.84. The Hall–Kier alpha value is -2.22. The van der Waals surface area contributed by atoms with Crippen molar-refractivity contribution in [3.8, 4) is 11.5 Å². The van der Waals surface area contributed by atoms with E-state index in [0.29, 0.717) is 17.4 Å². The molecule has 136 valence electrons. The van der Waals surface area contributed by atoms with Gasteiger partial charge in [-0.2, -0.15) is 10.1 Å². The highest BCUT2D eigenvalue weighted by molar-refractivity contribution is 5.75. The third-order valence-corrected chi connectivity index (χ3v) is 4.98. The fraction of sp³-hybridized carbons (Fsp3) is 0.647. The first-order valence-electron chi connectivity index (χ1n) is 9.02. The number of hydroxylamine groups is 1. The smallest absolute Gasteiger partial charge is 0.244 e. The molecule has 1 amide bonds. The molecule has 8 heteroatoms. The number of nitrogens with zero attached hydrogens (tertiary/aromatic N) is 3. The minimum atomic E-state index is -0.441. The van der Waals surface area contributed by atoms with E-state index in [1.54, 1.807) is 17.7 Å². The number of rotatable bonds is 8. The van der Waals surface area contributed by atoms with Gasteiger partial charge in [-0.1, -0.05) is 50.1 Å². The van der Waals surface area contributed by atoms with Crippen LogP contribution in [-0.2, 0) is 4.79 Å². The molecule has 0 aromatic carbocycles. The number of carbonyl (C=O) groups is 1. The highest BCUT2D eigenvalue weighted by Crippen LogP contribution is 2.31. The summed E-state index contributed by atoms with van der Waals surface area (Å²) in [6.07, 6.45) is 11.4. The summed E-state index contributed by atoms with van der Waals surface area (Å²) in [5, 5.41) is 19.5. The molecule has 0 spiro atoms. The van der Waals surface area contributed by atoms with E-state index < -0.39 is 5.91 Å². The lowest BCUT2D eigenvalue weighted by Crippen LogP contribution is -2.21. The highest BCUT2D eigenvalue weighted by Gasteiger charge is 2.23. The van der Waals surface area contributed by atoms with Gasteiger partial charge in [0.1, 0.15) is 5.69 Å². The van der Waals surface area contributed by atoms with Gasteiger partial charge in [-0.3, -0.25) is 15.1 Å². The average Bonchev–Trinajstić information content (AvgIpc) is 3.33. The van der Waals surface area contributed by atoms with Crippen molar-refractivity contribution in [3.63, 3.8) is 0 Å². The fourth-order valence-electron chi connectivity index (χ4n) is 3.60. The van der Waals surface area contributed by atoms with Gasteiger partial charge in [-0.05, 0) is 18.4 Å². The molecule has 0 aliphatic heterocycles. The molecule has 3 rings (SSSR count). The van der Waals surface area contributed by atoms with Crippen LogP contribution in [0.25, 0.3) is 11.5 Å². The molecule has 1 atom stereocenters. The van der Waals surface area contributed by atoms with E-state index in [-0.39, 0.29) is 12.3 Å². The number of aromatic nitrogens is 4. The first-order chi connectivity index (χ1) is 12.3. The summed E-state index contributed by atoms with van der Waals surface area (Å²) in [5.74, 6) is 1.01. The van der Waals surface area contributed by atoms with Crippen LogP contribution in [-0.4, -0.2) is 31.5 Å². The molecule has 1 fully saturated rings. The molecule has 0 radical (unpaired) electrons. The molecule has 2 aromatic rings. The first kappa shape index (κ1) is 17.6. The maximum absolute atomic E-state index is 11.6. The molecule has 0 unspecified atom stereocenters. The van der Waals surface area contributed by atoms with Gasteiger partial charge in [-0.25, -0.2) is 5.48 Å². The molecule has 1 saturated carbocycles. The molecule has 3 N–H and O–H groups in total. The summed E-state index contributed by atoms with van der Waals surface area (Å²) in [6, 6.07) is 1.76. The normalized spacial score (nSPS) is 16.7. The molecule has 8 nitrogen and oxygen atoms in total. The van der Waals surface area contributed by atoms with Crippen LogP contribution in [0.15, 0.2) is 16.8 Å². The highest BCUT2D eigenvalue weighted by atomic mass is 16.5. The Kier molecular flexibility index (Phi) is 6.16. The fourth-order valence-corrected chi connectivity index (χ4v) is 3.60. The maximum atomic E-state index is 11.6. The predicted molar refractivity (Wildman–Crippen MR) is 89.6 cm³/mol. The zero-order valence-electron chi connectivity index (χ0n) is 14.3. The second kappa shape index (κ2) is 8.75. The zero-order chi connectivity index (χ0) is 17.5. The van der Waals surface area contributed by atoms with Crippen molar-refractivity contribution in [1.82, 2.24) is 25.8 Å². The number of amides is 1. The Labute approximate surface area is 146 Å². The van der Waals surface area contributed by atoms with Crippen LogP contribution in [0.1, 0.15) is 69.6 Å². The topological polar surface area (TPSA) is 117 Å². The van der Waals surface area contributed by atoms with E-state index in [1.165, 1.54) is 38.5 Å². The maximum Gasteiger partial charge on any atom is 0.244 e. The second-order valence-corrected chi connectivity index (χ2v) is 6.80. The molecular weight excluding hydrogens is 322 g/mol. The van der Waals surface area contributed by atoms with Gasteiger partial charge in [0.15, 0.2) is 0 Å². The van der Waals surface area contributed by atoms with Crippen molar-refractivity contribution < 1.29 is 14.5 Å². The SMILES string of the molecule is O=C(C[C@@H](CCCC1CCCCC1)c1nc(-c2ccn[nH]2)no1)NO. The van der Waals surface area contributed by atoms with Crippen LogP contribution in [0.2, 0.25) is 0 Å². The van der Waals surface area contributed by atoms with Gasteiger partial charge < -0.3 is 4.52 Å². The van der Waals surface area contributed by atoms with Crippen molar-refractivity contribution in [2.75, 3.05) is 0 Å². The van der Waals surface area contributed by atoms with Gasteiger partial charge in [0.25, 0.3) is 0 Å². The number of hydrogen-bond acceptors (Lipinski definition) is 6. The number of nitrogens with one attached hydrogen (secondary N) is 2. The van der Waals surface area contributed by atoms with Crippen LogP contribution in [0, 0.1) is 5.92 Å². The second-order valence-electron chi connectivity index (χ2n) is 6.80. The minimum absolute atomic E-state index is 0.131. The van der Waals surface area contributed by atoms with E-state index in [9.17, 15) is 4.79 Å².